The zero-order valence-corrected chi connectivity index (χ0v) is 17.3. The van der Waals surface area contributed by atoms with Crippen molar-refractivity contribution < 1.29 is 9.53 Å². The molecule has 11 nitrogen and oxygen atoms in total. The van der Waals surface area contributed by atoms with E-state index >= 15 is 0 Å². The molecular weight excluding hydrogens is 418 g/mol. The van der Waals surface area contributed by atoms with Crippen molar-refractivity contribution >= 4 is 33.3 Å². The van der Waals surface area contributed by atoms with E-state index in [1.165, 1.54) is 11.3 Å². The number of nitrogens with one attached hydrogen (secondary N) is 2. The van der Waals surface area contributed by atoms with E-state index in [0.717, 1.165) is 16.0 Å². The molecule has 1 fully saturated rings. The SMILES string of the molecule is O=C(NCCc1nn[nH]n1)c1csc2nc(-c3ccccn3)nc(N3CCOCC3)c12. The summed E-state index contributed by atoms with van der Waals surface area (Å²) in [6.07, 6.45) is 2.20. The van der Waals surface area contributed by atoms with Gasteiger partial charge in [-0.1, -0.05) is 11.3 Å². The van der Waals surface area contributed by atoms with Crippen LogP contribution in [0.15, 0.2) is 29.8 Å². The molecule has 0 aromatic carbocycles. The van der Waals surface area contributed by atoms with Gasteiger partial charge in [0.05, 0.1) is 24.2 Å². The minimum Gasteiger partial charge on any atom is -0.378 e. The predicted molar refractivity (Wildman–Crippen MR) is 114 cm³/mol. The first-order valence-corrected chi connectivity index (χ1v) is 10.7. The fourth-order valence-corrected chi connectivity index (χ4v) is 4.29. The summed E-state index contributed by atoms with van der Waals surface area (Å²) in [7, 11) is 0. The van der Waals surface area contributed by atoms with Gasteiger partial charge in [-0.15, -0.1) is 21.5 Å². The molecule has 4 aromatic rings. The first-order chi connectivity index (χ1) is 15.3. The van der Waals surface area contributed by atoms with Gasteiger partial charge in [-0.2, -0.15) is 5.21 Å². The number of thiophene rings is 1. The number of anilines is 1. The minimum atomic E-state index is -0.182. The molecule has 5 rings (SSSR count). The number of carbonyl (C=O) groups is 1. The summed E-state index contributed by atoms with van der Waals surface area (Å²) >= 11 is 1.42. The first-order valence-electron chi connectivity index (χ1n) is 9.83. The van der Waals surface area contributed by atoms with E-state index in [9.17, 15) is 4.79 Å². The van der Waals surface area contributed by atoms with Gasteiger partial charge in [-0.25, -0.2) is 9.97 Å². The van der Waals surface area contributed by atoms with Gasteiger partial charge in [0.25, 0.3) is 5.91 Å². The Kier molecular flexibility index (Phi) is 5.46. The van der Waals surface area contributed by atoms with E-state index in [4.69, 9.17) is 14.7 Å². The Hall–Kier alpha value is -3.51. The number of carbonyl (C=O) groups excluding carboxylic acids is 1. The lowest BCUT2D eigenvalue weighted by molar-refractivity contribution is 0.0956. The van der Waals surface area contributed by atoms with Crippen molar-refractivity contribution in [2.24, 2.45) is 0 Å². The van der Waals surface area contributed by atoms with Crippen molar-refractivity contribution in [2.75, 3.05) is 37.7 Å². The number of hydrogen-bond acceptors (Lipinski definition) is 10. The van der Waals surface area contributed by atoms with Crippen molar-refractivity contribution in [2.45, 2.75) is 6.42 Å². The van der Waals surface area contributed by atoms with Gasteiger partial charge < -0.3 is 15.0 Å². The average molecular weight is 437 g/mol. The second-order valence-electron chi connectivity index (χ2n) is 6.85. The number of H-pyrrole nitrogens is 1. The van der Waals surface area contributed by atoms with E-state index in [-0.39, 0.29) is 5.91 Å². The highest BCUT2D eigenvalue weighted by Crippen LogP contribution is 2.34. The quantitative estimate of drug-likeness (QED) is 0.454. The Bertz CT molecular complexity index is 1170. The second-order valence-corrected chi connectivity index (χ2v) is 7.71. The topological polar surface area (TPSA) is 135 Å². The lowest BCUT2D eigenvalue weighted by Crippen LogP contribution is -2.37. The van der Waals surface area contributed by atoms with E-state index < -0.39 is 0 Å². The van der Waals surface area contributed by atoms with Gasteiger partial charge in [0, 0.05) is 37.6 Å². The molecule has 1 aliphatic heterocycles. The number of aromatic nitrogens is 7. The average Bonchev–Trinajstić information content (AvgIpc) is 3.49. The van der Waals surface area contributed by atoms with Gasteiger partial charge in [-0.3, -0.25) is 9.78 Å². The van der Waals surface area contributed by atoms with Crippen molar-refractivity contribution in [1.29, 1.82) is 0 Å². The summed E-state index contributed by atoms with van der Waals surface area (Å²) in [6, 6.07) is 5.64. The molecule has 12 heteroatoms. The Labute approximate surface area is 180 Å². The molecule has 5 heterocycles. The maximum absolute atomic E-state index is 13.0. The fourth-order valence-electron chi connectivity index (χ4n) is 3.38. The number of nitrogens with zero attached hydrogens (tertiary/aromatic N) is 7. The lowest BCUT2D eigenvalue weighted by Gasteiger charge is -2.28. The predicted octanol–water partition coefficient (Wildman–Crippen LogP) is 1.08. The fraction of sp³-hybridized carbons (Fsp3) is 0.316. The third-order valence-electron chi connectivity index (χ3n) is 4.89. The van der Waals surface area contributed by atoms with Crippen LogP contribution >= 0.6 is 11.3 Å². The number of amides is 1. The van der Waals surface area contributed by atoms with E-state index in [1.807, 2.05) is 23.6 Å². The van der Waals surface area contributed by atoms with Crippen LogP contribution in [0.3, 0.4) is 0 Å². The third-order valence-corrected chi connectivity index (χ3v) is 5.76. The molecule has 0 atom stereocenters. The molecule has 31 heavy (non-hydrogen) atoms. The minimum absolute atomic E-state index is 0.182. The van der Waals surface area contributed by atoms with Gasteiger partial charge in [0.1, 0.15) is 16.3 Å². The molecule has 4 aromatic heterocycles. The Morgan fingerprint density at radius 1 is 1.26 bits per heavy atom. The summed E-state index contributed by atoms with van der Waals surface area (Å²) in [5, 5.41) is 19.2. The standard InChI is InChI=1S/C19H19N9O2S/c29-18(21-6-4-14-24-26-27-25-14)12-11-31-19-15(12)17(28-7-9-30-10-8-28)22-16(23-19)13-3-1-2-5-20-13/h1-3,5,11H,4,6-10H2,(H,21,29)(H,24,25,26,27). The molecule has 158 valence electrons. The van der Waals surface area contributed by atoms with Crippen LogP contribution in [0.5, 0.6) is 0 Å². The van der Waals surface area contributed by atoms with Crippen LogP contribution in [0.25, 0.3) is 21.7 Å². The van der Waals surface area contributed by atoms with Crippen LogP contribution in [-0.4, -0.2) is 74.3 Å². The summed E-state index contributed by atoms with van der Waals surface area (Å²) in [5.41, 5.74) is 1.25. The van der Waals surface area contributed by atoms with Gasteiger partial charge in [0.15, 0.2) is 11.6 Å². The summed E-state index contributed by atoms with van der Waals surface area (Å²) in [5.74, 6) is 1.64. The Balaban J connectivity index is 1.49. The molecule has 0 bridgehead atoms. The van der Waals surface area contributed by atoms with Crippen molar-refractivity contribution in [1.82, 2.24) is 40.9 Å². The van der Waals surface area contributed by atoms with Gasteiger partial charge in [-0.05, 0) is 12.1 Å². The van der Waals surface area contributed by atoms with E-state index in [1.54, 1.807) is 6.20 Å². The number of aromatic amines is 1. The highest BCUT2D eigenvalue weighted by atomic mass is 32.1. The summed E-state index contributed by atoms with van der Waals surface area (Å²) in [6.45, 7) is 3.02. The molecular formula is C19H19N9O2S. The second kappa shape index (κ2) is 8.70. The molecule has 0 unspecified atom stereocenters. The van der Waals surface area contributed by atoms with Crippen LogP contribution in [0.1, 0.15) is 16.2 Å². The number of rotatable bonds is 6. The van der Waals surface area contributed by atoms with Crippen LogP contribution in [0.4, 0.5) is 5.82 Å². The largest absolute Gasteiger partial charge is 0.378 e. The van der Waals surface area contributed by atoms with Crippen LogP contribution < -0.4 is 10.2 Å². The molecule has 2 N–H and O–H groups in total. The normalized spacial score (nSPS) is 14.1. The zero-order chi connectivity index (χ0) is 21.0. The number of pyridine rings is 1. The Morgan fingerprint density at radius 2 is 2.16 bits per heavy atom. The van der Waals surface area contributed by atoms with Crippen LogP contribution in [0, 0.1) is 0 Å². The third kappa shape index (κ3) is 4.07. The van der Waals surface area contributed by atoms with Crippen LogP contribution in [0.2, 0.25) is 0 Å². The van der Waals surface area contributed by atoms with Crippen LogP contribution in [-0.2, 0) is 11.2 Å². The highest BCUT2D eigenvalue weighted by Gasteiger charge is 2.24. The van der Waals surface area contributed by atoms with Gasteiger partial charge >= 0.3 is 0 Å². The molecule has 1 amide bonds. The van der Waals surface area contributed by atoms with Crippen molar-refractivity contribution in [3.8, 4) is 11.5 Å². The molecule has 0 radical (unpaired) electrons. The van der Waals surface area contributed by atoms with E-state index in [2.05, 4.69) is 35.8 Å². The molecule has 0 spiro atoms. The number of hydrogen-bond donors (Lipinski definition) is 2. The molecule has 1 aliphatic rings. The number of tetrazole rings is 1. The monoisotopic (exact) mass is 437 g/mol. The molecule has 1 saturated heterocycles. The number of fused-ring (bicyclic) bond motifs is 1. The smallest absolute Gasteiger partial charge is 0.252 e. The first kappa shape index (κ1) is 19.5. The number of ether oxygens (including phenoxy) is 1. The maximum Gasteiger partial charge on any atom is 0.252 e. The van der Waals surface area contributed by atoms with Crippen molar-refractivity contribution in [3.63, 3.8) is 0 Å². The zero-order valence-electron chi connectivity index (χ0n) is 16.5. The molecule has 0 saturated carbocycles. The van der Waals surface area contributed by atoms with Gasteiger partial charge in [0.2, 0.25) is 0 Å². The highest BCUT2D eigenvalue weighted by molar-refractivity contribution is 7.17. The molecule has 0 aliphatic carbocycles. The van der Waals surface area contributed by atoms with E-state index in [0.29, 0.717) is 62.2 Å². The Morgan fingerprint density at radius 3 is 2.94 bits per heavy atom. The summed E-state index contributed by atoms with van der Waals surface area (Å²) < 4.78 is 5.50. The lowest BCUT2D eigenvalue weighted by atomic mass is 10.2. The maximum atomic E-state index is 13.0. The summed E-state index contributed by atoms with van der Waals surface area (Å²) in [4.78, 5) is 29.8. The number of morpholine rings is 1. The van der Waals surface area contributed by atoms with Crippen molar-refractivity contribution in [3.05, 3.63) is 41.2 Å².